The van der Waals surface area contributed by atoms with E-state index in [1.54, 1.807) is 26.0 Å². The number of fused-ring (bicyclic) bond motifs is 3. The number of piperidine rings is 1. The number of nitrogens with zero attached hydrogens (tertiary/aromatic N) is 1. The maximum atomic E-state index is 12.9. The zero-order valence-electron chi connectivity index (χ0n) is 27.0. The molecule has 168 valence electrons. The highest BCUT2D eigenvalue weighted by atomic mass is 16.5. The Morgan fingerprint density at radius 2 is 2.13 bits per heavy atom. The number of hydrogen-bond donors (Lipinski definition) is 1. The van der Waals surface area contributed by atoms with Crippen LogP contribution >= 0.6 is 0 Å². The molecule has 2 aliphatic heterocycles. The summed E-state index contributed by atoms with van der Waals surface area (Å²) in [7, 11) is -1.28. The van der Waals surface area contributed by atoms with Crippen LogP contribution in [0.1, 0.15) is 69.9 Å². The molecule has 1 fully saturated rings. The predicted molar refractivity (Wildman–Crippen MR) is 118 cm³/mol. The average Bonchev–Trinajstić information content (AvgIpc) is 2.80. The van der Waals surface area contributed by atoms with E-state index in [1.807, 2.05) is 4.90 Å². The molecule has 0 radical (unpaired) electrons. The van der Waals surface area contributed by atoms with Gasteiger partial charge < -0.3 is 19.9 Å². The molecule has 0 saturated carbocycles. The number of carbonyl (C=O) groups excluding carboxylic acids is 1. The van der Waals surface area contributed by atoms with Gasteiger partial charge in [0.05, 0.1) is 18.3 Å². The maximum Gasteiger partial charge on any atom is 0.323 e. The van der Waals surface area contributed by atoms with Gasteiger partial charge in [-0.25, -0.2) is 0 Å². The lowest BCUT2D eigenvalue weighted by molar-refractivity contribution is -0.160. The van der Waals surface area contributed by atoms with E-state index >= 15 is 0 Å². The van der Waals surface area contributed by atoms with Crippen LogP contribution in [0.4, 0.5) is 0 Å². The third-order valence-electron chi connectivity index (χ3n) is 6.00. The first kappa shape index (κ1) is 13.6. The number of nitrogens with two attached hydrogens (primary N) is 1. The maximum absolute atomic E-state index is 12.9. The molecular formula is C24H38N2O4. The predicted octanol–water partition coefficient (Wildman–Crippen LogP) is 3.56. The second kappa shape index (κ2) is 9.56. The summed E-state index contributed by atoms with van der Waals surface area (Å²) in [4.78, 5) is 14.9. The van der Waals surface area contributed by atoms with E-state index in [0.717, 1.165) is 18.1 Å². The lowest BCUT2D eigenvalue weighted by Crippen LogP contribution is -2.51. The second-order valence-corrected chi connectivity index (χ2v) is 8.42. The van der Waals surface area contributed by atoms with Crippen molar-refractivity contribution >= 4 is 5.97 Å². The van der Waals surface area contributed by atoms with Crippen molar-refractivity contribution in [2.45, 2.75) is 65.0 Å². The largest absolute Gasteiger partial charge is 0.493 e. The Kier molecular flexibility index (Phi) is 4.33. The van der Waals surface area contributed by atoms with E-state index in [4.69, 9.17) is 32.3 Å². The first-order chi connectivity index (χ1) is 17.7. The van der Waals surface area contributed by atoms with Crippen LogP contribution in [0.3, 0.4) is 0 Å². The molecule has 1 unspecified atom stereocenters. The summed E-state index contributed by atoms with van der Waals surface area (Å²) in [6.07, 6.45) is -3.03. The molecule has 2 N–H and O–H groups in total. The van der Waals surface area contributed by atoms with Crippen LogP contribution in [-0.4, -0.2) is 50.3 Å². The lowest BCUT2D eigenvalue weighted by atomic mass is 9.79. The van der Waals surface area contributed by atoms with Gasteiger partial charge in [-0.1, -0.05) is 27.6 Å². The molecular weight excluding hydrogens is 380 g/mol. The summed E-state index contributed by atoms with van der Waals surface area (Å²) in [6, 6.07) is 1.97. The van der Waals surface area contributed by atoms with Crippen molar-refractivity contribution in [3.63, 3.8) is 0 Å². The van der Waals surface area contributed by atoms with Gasteiger partial charge in [0.15, 0.2) is 11.5 Å². The van der Waals surface area contributed by atoms with E-state index < -0.39 is 50.2 Å². The number of methoxy groups -OCH3 is 2. The summed E-state index contributed by atoms with van der Waals surface area (Å²) < 4.78 is 88.5. The van der Waals surface area contributed by atoms with Crippen molar-refractivity contribution in [3.8, 4) is 11.5 Å². The molecule has 5 atom stereocenters. The van der Waals surface area contributed by atoms with Gasteiger partial charge in [-0.3, -0.25) is 9.69 Å². The van der Waals surface area contributed by atoms with Crippen LogP contribution in [0.2, 0.25) is 0 Å². The van der Waals surface area contributed by atoms with E-state index in [2.05, 4.69) is 0 Å². The number of benzene rings is 1. The van der Waals surface area contributed by atoms with Gasteiger partial charge in [-0.2, -0.15) is 0 Å². The number of esters is 1. The molecule has 0 amide bonds. The fraction of sp³-hybridized carbons (Fsp3) is 0.708. The summed E-state index contributed by atoms with van der Waals surface area (Å²) in [5, 5.41) is 0. The molecule has 1 aromatic rings. The molecule has 2 heterocycles. The number of hydrogen-bond acceptors (Lipinski definition) is 6. The highest BCUT2D eigenvalue weighted by molar-refractivity contribution is 5.76. The number of carbonyl (C=O) groups is 1. The van der Waals surface area contributed by atoms with E-state index in [1.165, 1.54) is 7.11 Å². The Labute approximate surface area is 193 Å². The van der Waals surface area contributed by atoms with Crippen LogP contribution in [0.5, 0.6) is 11.5 Å². The highest BCUT2D eigenvalue weighted by Gasteiger charge is 2.41. The molecule has 3 rings (SSSR count). The van der Waals surface area contributed by atoms with Crippen molar-refractivity contribution in [2.24, 2.45) is 23.5 Å². The van der Waals surface area contributed by atoms with Crippen LogP contribution in [-0.2, 0) is 16.0 Å². The fourth-order valence-corrected chi connectivity index (χ4v) is 4.30. The van der Waals surface area contributed by atoms with Gasteiger partial charge in [-0.15, -0.1) is 0 Å². The minimum Gasteiger partial charge on any atom is -0.493 e. The number of ether oxygens (including phenoxy) is 3. The standard InChI is InChI=1S/C24H38N2O4/c1-14(2)9-17-13-26-8-7-16-10-21(28-5)22(29-6)11-18(16)19(26)12-20(17)30-24(27)23(25)15(3)4/h10-11,14-15,17,19-20,23H,7-9,12-13,25H2,1-6H3/t17-,19-,20-,23+/m1/s1/i1D3,5D3,9D2,14D/t14?,17-,19-,20-,23+. The van der Waals surface area contributed by atoms with Crippen LogP contribution < -0.4 is 15.2 Å². The third-order valence-corrected chi connectivity index (χ3v) is 6.00. The molecule has 0 spiro atoms. The topological polar surface area (TPSA) is 74.0 Å². The summed E-state index contributed by atoms with van der Waals surface area (Å²) in [6.45, 7) is 2.11. The van der Waals surface area contributed by atoms with E-state index in [9.17, 15) is 4.79 Å². The molecule has 1 aromatic carbocycles. The Hall–Kier alpha value is -1.79. The van der Waals surface area contributed by atoms with Gasteiger partial charge in [0, 0.05) is 39.7 Å². The molecule has 1 saturated heterocycles. The van der Waals surface area contributed by atoms with Gasteiger partial charge in [0.1, 0.15) is 12.1 Å². The van der Waals surface area contributed by atoms with Gasteiger partial charge in [0.25, 0.3) is 0 Å². The molecule has 6 heteroatoms. The van der Waals surface area contributed by atoms with Crippen LogP contribution in [0.15, 0.2) is 12.1 Å². The highest BCUT2D eigenvalue weighted by Crippen LogP contribution is 2.44. The average molecular weight is 428 g/mol. The summed E-state index contributed by atoms with van der Waals surface area (Å²) in [5.74, 6) is -4.29. The Bertz CT molecular complexity index is 1060. The van der Waals surface area contributed by atoms with Gasteiger partial charge in [-0.05, 0) is 47.9 Å². The van der Waals surface area contributed by atoms with Crippen molar-refractivity contribution in [3.05, 3.63) is 23.3 Å². The molecule has 0 aliphatic carbocycles. The van der Waals surface area contributed by atoms with Crippen LogP contribution in [0, 0.1) is 17.7 Å². The monoisotopic (exact) mass is 427 g/mol. The molecule has 0 bridgehead atoms. The fourth-order valence-electron chi connectivity index (χ4n) is 4.30. The van der Waals surface area contributed by atoms with E-state index in [-0.39, 0.29) is 36.4 Å². The first-order valence-corrected chi connectivity index (χ1v) is 10.3. The lowest BCUT2D eigenvalue weighted by Gasteiger charge is -2.47. The van der Waals surface area contributed by atoms with Crippen LogP contribution in [0.25, 0.3) is 0 Å². The minimum absolute atomic E-state index is 0.0341. The Morgan fingerprint density at radius 1 is 1.37 bits per heavy atom. The normalized spacial score (nSPS) is 32.6. The number of rotatable bonds is 7. The van der Waals surface area contributed by atoms with Crippen molar-refractivity contribution in [1.29, 1.82) is 0 Å². The minimum atomic E-state index is -2.93. The Balaban J connectivity index is 2.05. The molecule has 2 aliphatic rings. The quantitative estimate of drug-likeness (QED) is 0.671. The zero-order valence-corrected chi connectivity index (χ0v) is 18.0. The third kappa shape index (κ3) is 4.75. The Morgan fingerprint density at radius 3 is 2.80 bits per heavy atom. The summed E-state index contributed by atoms with van der Waals surface area (Å²) in [5.41, 5.74) is 7.62. The summed E-state index contributed by atoms with van der Waals surface area (Å²) >= 11 is 0. The molecule has 0 aromatic heterocycles. The molecule has 30 heavy (non-hydrogen) atoms. The van der Waals surface area contributed by atoms with E-state index in [0.29, 0.717) is 13.0 Å². The first-order valence-electron chi connectivity index (χ1n) is 14.8. The zero-order chi connectivity index (χ0) is 29.7. The van der Waals surface area contributed by atoms with Gasteiger partial charge >= 0.3 is 5.97 Å². The van der Waals surface area contributed by atoms with Crippen molar-refractivity contribution < 1.29 is 31.3 Å². The molecule has 6 nitrogen and oxygen atoms in total. The SMILES string of the molecule is [2H]C([2H])([2H])Oc1cc2c(cc1OC)[C@H]1C[C@@H](OC(=O)[C@@H](N)C(C)C)[C@H](C([2H])([2H])C([2H])(C)C([2H])([2H])[2H])CN1CC2. The van der Waals surface area contributed by atoms with Crippen molar-refractivity contribution in [1.82, 2.24) is 4.90 Å². The second-order valence-electron chi connectivity index (χ2n) is 8.42. The van der Waals surface area contributed by atoms with Gasteiger partial charge in [0.2, 0.25) is 0 Å². The smallest absolute Gasteiger partial charge is 0.323 e. The van der Waals surface area contributed by atoms with Crippen molar-refractivity contribution in [2.75, 3.05) is 27.2 Å².